The zero-order valence-electron chi connectivity index (χ0n) is 9.26. The summed E-state index contributed by atoms with van der Waals surface area (Å²) in [6, 6.07) is 12.1. The fraction of sp³-hybridized carbons (Fsp3) is 0. The Bertz CT molecular complexity index is 601. The van der Waals surface area contributed by atoms with Gasteiger partial charge in [0.1, 0.15) is 0 Å². The first-order valence-electron chi connectivity index (χ1n) is 5.14. The summed E-state index contributed by atoms with van der Waals surface area (Å²) in [5, 5.41) is 9.71. The quantitative estimate of drug-likeness (QED) is 0.840. The molecular formula is C13H10ClNO2S. The van der Waals surface area contributed by atoms with Gasteiger partial charge >= 0.3 is 5.97 Å². The minimum absolute atomic E-state index is 0.180. The normalized spacial score (nSPS) is 10.3. The van der Waals surface area contributed by atoms with Gasteiger partial charge in [-0.25, -0.2) is 4.79 Å². The largest absolute Gasteiger partial charge is 0.478 e. The first-order chi connectivity index (χ1) is 8.59. The number of aromatic carboxylic acids is 1. The third-order valence-corrected chi connectivity index (χ3v) is 4.00. The molecule has 2 rings (SSSR count). The molecule has 0 bridgehead atoms. The highest BCUT2D eigenvalue weighted by Gasteiger charge is 2.14. The maximum absolute atomic E-state index is 11.1. The van der Waals surface area contributed by atoms with E-state index in [0.717, 1.165) is 4.90 Å². The van der Waals surface area contributed by atoms with E-state index in [-0.39, 0.29) is 5.56 Å². The maximum atomic E-state index is 11.1. The van der Waals surface area contributed by atoms with E-state index >= 15 is 0 Å². The summed E-state index contributed by atoms with van der Waals surface area (Å²) in [6.07, 6.45) is 0. The molecule has 0 aliphatic carbocycles. The molecule has 92 valence electrons. The van der Waals surface area contributed by atoms with Crippen molar-refractivity contribution in [2.75, 3.05) is 5.73 Å². The SMILES string of the molecule is Nc1cccc(C(=O)O)c1Sc1ccccc1Cl. The van der Waals surface area contributed by atoms with Crippen LogP contribution in [-0.2, 0) is 0 Å². The van der Waals surface area contributed by atoms with E-state index in [9.17, 15) is 4.79 Å². The summed E-state index contributed by atoms with van der Waals surface area (Å²) in [7, 11) is 0. The number of nitrogen functional groups attached to an aromatic ring is 1. The Morgan fingerprint density at radius 1 is 1.17 bits per heavy atom. The molecule has 0 unspecified atom stereocenters. The molecule has 0 saturated carbocycles. The van der Waals surface area contributed by atoms with Gasteiger partial charge in [-0.2, -0.15) is 0 Å². The van der Waals surface area contributed by atoms with Crippen LogP contribution in [0.1, 0.15) is 10.4 Å². The van der Waals surface area contributed by atoms with Crippen LogP contribution in [0.5, 0.6) is 0 Å². The van der Waals surface area contributed by atoms with Crippen molar-refractivity contribution >= 4 is 35.0 Å². The van der Waals surface area contributed by atoms with Gasteiger partial charge in [0, 0.05) is 15.5 Å². The zero-order chi connectivity index (χ0) is 13.1. The van der Waals surface area contributed by atoms with E-state index in [0.29, 0.717) is 15.6 Å². The second kappa shape index (κ2) is 5.33. The van der Waals surface area contributed by atoms with E-state index in [2.05, 4.69) is 0 Å². The number of nitrogens with two attached hydrogens (primary N) is 1. The van der Waals surface area contributed by atoms with Gasteiger partial charge in [0.05, 0.1) is 10.6 Å². The highest BCUT2D eigenvalue weighted by molar-refractivity contribution is 7.99. The van der Waals surface area contributed by atoms with Crippen LogP contribution in [0.25, 0.3) is 0 Å². The molecule has 0 radical (unpaired) electrons. The third kappa shape index (κ3) is 2.60. The summed E-state index contributed by atoms with van der Waals surface area (Å²) in [4.78, 5) is 12.4. The third-order valence-electron chi connectivity index (χ3n) is 2.32. The van der Waals surface area contributed by atoms with Crippen molar-refractivity contribution in [1.29, 1.82) is 0 Å². The maximum Gasteiger partial charge on any atom is 0.336 e. The van der Waals surface area contributed by atoms with E-state index in [1.54, 1.807) is 18.2 Å². The predicted molar refractivity (Wildman–Crippen MR) is 73.4 cm³/mol. The molecule has 18 heavy (non-hydrogen) atoms. The molecule has 0 amide bonds. The van der Waals surface area contributed by atoms with Gasteiger partial charge in [-0.05, 0) is 24.3 Å². The Hall–Kier alpha value is -1.65. The van der Waals surface area contributed by atoms with Crippen LogP contribution in [0.15, 0.2) is 52.3 Å². The summed E-state index contributed by atoms with van der Waals surface area (Å²) in [5.41, 5.74) is 6.44. The highest BCUT2D eigenvalue weighted by Crippen LogP contribution is 2.38. The Balaban J connectivity index is 2.46. The zero-order valence-corrected chi connectivity index (χ0v) is 10.8. The Labute approximate surface area is 114 Å². The summed E-state index contributed by atoms with van der Waals surface area (Å²) < 4.78 is 0. The van der Waals surface area contributed by atoms with E-state index in [4.69, 9.17) is 22.4 Å². The van der Waals surface area contributed by atoms with Crippen molar-refractivity contribution in [3.8, 4) is 0 Å². The second-order valence-electron chi connectivity index (χ2n) is 3.56. The van der Waals surface area contributed by atoms with Crippen molar-refractivity contribution < 1.29 is 9.90 Å². The van der Waals surface area contributed by atoms with Crippen molar-refractivity contribution in [3.63, 3.8) is 0 Å². The Morgan fingerprint density at radius 3 is 2.56 bits per heavy atom. The van der Waals surface area contributed by atoms with Crippen LogP contribution in [0.2, 0.25) is 5.02 Å². The van der Waals surface area contributed by atoms with E-state index in [1.807, 2.05) is 18.2 Å². The number of rotatable bonds is 3. The monoisotopic (exact) mass is 279 g/mol. The lowest BCUT2D eigenvalue weighted by Gasteiger charge is -2.09. The smallest absolute Gasteiger partial charge is 0.336 e. The molecule has 2 aromatic carbocycles. The summed E-state index contributed by atoms with van der Waals surface area (Å²) in [6.45, 7) is 0. The number of carboxylic acids is 1. The van der Waals surface area contributed by atoms with Gasteiger partial charge in [0.15, 0.2) is 0 Å². The molecule has 3 N–H and O–H groups in total. The number of benzene rings is 2. The highest BCUT2D eigenvalue weighted by atomic mass is 35.5. The van der Waals surface area contributed by atoms with Crippen LogP contribution < -0.4 is 5.73 Å². The van der Waals surface area contributed by atoms with Gasteiger partial charge < -0.3 is 10.8 Å². The van der Waals surface area contributed by atoms with Gasteiger partial charge in [-0.3, -0.25) is 0 Å². The van der Waals surface area contributed by atoms with E-state index < -0.39 is 5.97 Å². The molecule has 0 aliphatic heterocycles. The lowest BCUT2D eigenvalue weighted by atomic mass is 10.2. The fourth-order valence-electron chi connectivity index (χ4n) is 1.47. The molecule has 0 heterocycles. The summed E-state index contributed by atoms with van der Waals surface area (Å²) in [5.74, 6) is -1.00. The average molecular weight is 280 g/mol. The number of carboxylic acid groups (broad SMARTS) is 1. The predicted octanol–water partition coefficient (Wildman–Crippen LogP) is 3.77. The van der Waals surface area contributed by atoms with Gasteiger partial charge in [-0.1, -0.05) is 41.6 Å². The van der Waals surface area contributed by atoms with Crippen molar-refractivity contribution in [2.24, 2.45) is 0 Å². The minimum atomic E-state index is -1.00. The van der Waals surface area contributed by atoms with Crippen LogP contribution >= 0.6 is 23.4 Å². The number of hydrogen-bond donors (Lipinski definition) is 2. The second-order valence-corrected chi connectivity index (χ2v) is 5.02. The Kier molecular flexibility index (Phi) is 3.79. The molecule has 0 aliphatic rings. The van der Waals surface area contributed by atoms with Crippen molar-refractivity contribution in [2.45, 2.75) is 9.79 Å². The van der Waals surface area contributed by atoms with Crippen molar-refractivity contribution in [3.05, 3.63) is 53.1 Å². The standard InChI is InChI=1S/C13H10ClNO2S/c14-9-5-1-2-7-11(9)18-12-8(13(16)17)4-3-6-10(12)15/h1-7H,15H2,(H,16,17). The lowest BCUT2D eigenvalue weighted by Crippen LogP contribution is -2.01. The van der Waals surface area contributed by atoms with Gasteiger partial charge in [0.2, 0.25) is 0 Å². The van der Waals surface area contributed by atoms with Gasteiger partial charge in [-0.15, -0.1) is 0 Å². The molecule has 0 aromatic heterocycles. The average Bonchev–Trinajstić information content (AvgIpc) is 2.34. The van der Waals surface area contributed by atoms with Crippen LogP contribution in [0, 0.1) is 0 Å². The first kappa shape index (κ1) is 12.8. The van der Waals surface area contributed by atoms with E-state index in [1.165, 1.54) is 17.8 Å². The first-order valence-corrected chi connectivity index (χ1v) is 6.33. The van der Waals surface area contributed by atoms with Crippen LogP contribution in [-0.4, -0.2) is 11.1 Å². The van der Waals surface area contributed by atoms with Crippen molar-refractivity contribution in [1.82, 2.24) is 0 Å². The number of anilines is 1. The fourth-order valence-corrected chi connectivity index (χ4v) is 2.71. The molecule has 0 spiro atoms. The van der Waals surface area contributed by atoms with Crippen LogP contribution in [0.4, 0.5) is 5.69 Å². The van der Waals surface area contributed by atoms with Crippen LogP contribution in [0.3, 0.4) is 0 Å². The minimum Gasteiger partial charge on any atom is -0.478 e. The molecule has 0 saturated heterocycles. The van der Waals surface area contributed by atoms with Gasteiger partial charge in [0.25, 0.3) is 0 Å². The Morgan fingerprint density at radius 2 is 1.89 bits per heavy atom. The molecular weight excluding hydrogens is 270 g/mol. The molecule has 5 heteroatoms. The molecule has 0 atom stereocenters. The molecule has 0 fully saturated rings. The molecule has 2 aromatic rings. The summed E-state index contributed by atoms with van der Waals surface area (Å²) >= 11 is 7.31. The number of halogens is 1. The topological polar surface area (TPSA) is 63.3 Å². The lowest BCUT2D eigenvalue weighted by molar-refractivity contribution is 0.0693. The number of carbonyl (C=O) groups is 1. The number of hydrogen-bond acceptors (Lipinski definition) is 3. The molecule has 3 nitrogen and oxygen atoms in total.